The monoisotopic (exact) mass is 388 g/mol. The predicted molar refractivity (Wildman–Crippen MR) is 95.3 cm³/mol. The van der Waals surface area contributed by atoms with E-state index in [0.717, 1.165) is 19.3 Å². The smallest absolute Gasteiger partial charge is 0.240 e. The van der Waals surface area contributed by atoms with Crippen LogP contribution in [0.5, 0.6) is 0 Å². The van der Waals surface area contributed by atoms with Gasteiger partial charge in [-0.15, -0.1) is 0 Å². The van der Waals surface area contributed by atoms with Gasteiger partial charge in [0.05, 0.1) is 21.9 Å². The Labute approximate surface area is 149 Å². The molecule has 2 aliphatic rings. The molecule has 0 bridgehead atoms. The molecular formula is C16H24N2O5S2. The number of hydrogen-bond acceptors (Lipinski definition) is 5. The van der Waals surface area contributed by atoms with Gasteiger partial charge >= 0.3 is 0 Å². The minimum atomic E-state index is -3.75. The number of anilines is 1. The highest BCUT2D eigenvalue weighted by molar-refractivity contribution is 7.92. The molecule has 2 N–H and O–H groups in total. The Morgan fingerprint density at radius 2 is 1.88 bits per heavy atom. The Morgan fingerprint density at radius 3 is 2.44 bits per heavy atom. The molecule has 1 aromatic carbocycles. The first-order valence-corrected chi connectivity index (χ1v) is 11.5. The van der Waals surface area contributed by atoms with Crippen molar-refractivity contribution in [3.63, 3.8) is 0 Å². The van der Waals surface area contributed by atoms with Crippen LogP contribution in [0.2, 0.25) is 0 Å². The summed E-state index contributed by atoms with van der Waals surface area (Å²) in [6.07, 6.45) is 3.26. The zero-order chi connectivity index (χ0) is 18.3. The van der Waals surface area contributed by atoms with Gasteiger partial charge in [-0.25, -0.2) is 21.6 Å². The van der Waals surface area contributed by atoms with Crippen molar-refractivity contribution in [1.29, 1.82) is 0 Å². The molecule has 9 heteroatoms. The van der Waals surface area contributed by atoms with Gasteiger partial charge in [-0.3, -0.25) is 4.31 Å². The number of benzene rings is 1. The average Bonchev–Trinajstić information content (AvgIpc) is 3.38. The van der Waals surface area contributed by atoms with Crippen molar-refractivity contribution >= 4 is 25.7 Å². The SMILES string of the molecule is CC(O)(CNS(=O)(=O)c1ccc(N2CCCCS2(=O)=O)cc1)C1CC1. The van der Waals surface area contributed by atoms with Crippen LogP contribution in [0.1, 0.15) is 32.6 Å². The number of sulfonamides is 2. The Kier molecular flexibility index (Phi) is 4.87. The van der Waals surface area contributed by atoms with Gasteiger partial charge in [-0.05, 0) is 62.8 Å². The number of hydrogen-bond donors (Lipinski definition) is 2. The van der Waals surface area contributed by atoms with E-state index in [9.17, 15) is 21.9 Å². The Hall–Kier alpha value is -1.16. The third-order valence-electron chi connectivity index (χ3n) is 4.86. The topological polar surface area (TPSA) is 104 Å². The summed E-state index contributed by atoms with van der Waals surface area (Å²) < 4.78 is 52.8. The minimum absolute atomic E-state index is 0.0394. The third-order valence-corrected chi connectivity index (χ3v) is 8.15. The minimum Gasteiger partial charge on any atom is -0.389 e. The molecular weight excluding hydrogens is 364 g/mol. The molecule has 1 aliphatic carbocycles. The van der Waals surface area contributed by atoms with E-state index in [4.69, 9.17) is 0 Å². The molecule has 0 spiro atoms. The van der Waals surface area contributed by atoms with Crippen molar-refractivity contribution in [2.75, 3.05) is 23.1 Å². The summed E-state index contributed by atoms with van der Waals surface area (Å²) in [6.45, 7) is 2.01. The highest BCUT2D eigenvalue weighted by Gasteiger charge is 2.40. The van der Waals surface area contributed by atoms with Crippen molar-refractivity contribution in [2.24, 2.45) is 5.92 Å². The lowest BCUT2D eigenvalue weighted by atomic mass is 10.0. The Bertz CT molecular complexity index is 828. The summed E-state index contributed by atoms with van der Waals surface area (Å²) in [7, 11) is -7.08. The van der Waals surface area contributed by atoms with E-state index in [-0.39, 0.29) is 23.1 Å². The van der Waals surface area contributed by atoms with Crippen molar-refractivity contribution in [3.8, 4) is 0 Å². The first-order valence-electron chi connectivity index (χ1n) is 8.44. The van der Waals surface area contributed by atoms with Crippen LogP contribution in [0.15, 0.2) is 29.2 Å². The maximum absolute atomic E-state index is 12.4. The molecule has 0 amide bonds. The van der Waals surface area contributed by atoms with E-state index in [1.807, 2.05) is 0 Å². The van der Waals surface area contributed by atoms with Gasteiger partial charge in [0.1, 0.15) is 0 Å². The summed E-state index contributed by atoms with van der Waals surface area (Å²) in [5.41, 5.74) is -0.571. The first kappa shape index (κ1) is 18.6. The molecule has 1 unspecified atom stereocenters. The zero-order valence-corrected chi connectivity index (χ0v) is 15.8. The van der Waals surface area contributed by atoms with Crippen molar-refractivity contribution in [1.82, 2.24) is 4.72 Å². The lowest BCUT2D eigenvalue weighted by Crippen LogP contribution is -2.42. The predicted octanol–water partition coefficient (Wildman–Crippen LogP) is 1.06. The van der Waals surface area contributed by atoms with Crippen LogP contribution in [0.4, 0.5) is 5.69 Å². The number of nitrogens with one attached hydrogen (secondary N) is 1. The molecule has 25 heavy (non-hydrogen) atoms. The lowest BCUT2D eigenvalue weighted by molar-refractivity contribution is 0.0422. The van der Waals surface area contributed by atoms with Gasteiger partial charge in [0, 0.05) is 13.1 Å². The van der Waals surface area contributed by atoms with Crippen LogP contribution >= 0.6 is 0 Å². The second-order valence-corrected chi connectivity index (χ2v) is 10.8. The van der Waals surface area contributed by atoms with Gasteiger partial charge < -0.3 is 5.11 Å². The maximum Gasteiger partial charge on any atom is 0.240 e. The summed E-state index contributed by atoms with van der Waals surface area (Å²) in [5, 5.41) is 10.2. The summed E-state index contributed by atoms with van der Waals surface area (Å²) in [6, 6.07) is 5.81. The molecule has 2 fully saturated rings. The van der Waals surface area contributed by atoms with E-state index < -0.39 is 25.6 Å². The normalized spacial score (nSPS) is 23.2. The largest absolute Gasteiger partial charge is 0.389 e. The van der Waals surface area contributed by atoms with Crippen LogP contribution in [0.25, 0.3) is 0 Å². The van der Waals surface area contributed by atoms with Gasteiger partial charge in [-0.1, -0.05) is 0 Å². The molecule has 1 heterocycles. The number of aliphatic hydroxyl groups is 1. The summed E-state index contributed by atoms with van der Waals surface area (Å²) in [5.74, 6) is 0.257. The van der Waals surface area contributed by atoms with Gasteiger partial charge in [0.2, 0.25) is 20.0 Å². The number of nitrogens with zero attached hydrogens (tertiary/aromatic N) is 1. The van der Waals surface area contributed by atoms with Crippen LogP contribution < -0.4 is 9.03 Å². The molecule has 1 atom stereocenters. The molecule has 0 aromatic heterocycles. The molecule has 1 saturated carbocycles. The maximum atomic E-state index is 12.4. The van der Waals surface area contributed by atoms with E-state index in [2.05, 4.69) is 4.72 Å². The summed E-state index contributed by atoms with van der Waals surface area (Å²) in [4.78, 5) is 0.0530. The molecule has 1 aromatic rings. The van der Waals surface area contributed by atoms with E-state index in [1.165, 1.54) is 28.6 Å². The first-order chi connectivity index (χ1) is 11.6. The van der Waals surface area contributed by atoms with Crippen molar-refractivity contribution < 1.29 is 21.9 Å². The molecule has 7 nitrogen and oxygen atoms in total. The van der Waals surface area contributed by atoms with Crippen LogP contribution in [0.3, 0.4) is 0 Å². The Morgan fingerprint density at radius 1 is 1.24 bits per heavy atom. The van der Waals surface area contributed by atoms with Crippen LogP contribution in [-0.4, -0.2) is 46.4 Å². The summed E-state index contributed by atoms with van der Waals surface area (Å²) >= 11 is 0. The molecule has 0 radical (unpaired) electrons. The molecule has 3 rings (SSSR count). The van der Waals surface area contributed by atoms with E-state index in [1.54, 1.807) is 6.92 Å². The van der Waals surface area contributed by atoms with Gasteiger partial charge in [0.25, 0.3) is 0 Å². The fraction of sp³-hybridized carbons (Fsp3) is 0.625. The van der Waals surface area contributed by atoms with Crippen LogP contribution in [-0.2, 0) is 20.0 Å². The molecule has 1 aliphatic heterocycles. The fourth-order valence-corrected chi connectivity index (χ4v) is 5.83. The van der Waals surface area contributed by atoms with Crippen LogP contribution in [0, 0.1) is 5.92 Å². The van der Waals surface area contributed by atoms with E-state index in [0.29, 0.717) is 18.7 Å². The highest BCUT2D eigenvalue weighted by atomic mass is 32.2. The van der Waals surface area contributed by atoms with Crippen molar-refractivity contribution in [3.05, 3.63) is 24.3 Å². The van der Waals surface area contributed by atoms with E-state index >= 15 is 0 Å². The molecule has 140 valence electrons. The second-order valence-electron chi connectivity index (χ2n) is 7.05. The molecule has 1 saturated heterocycles. The fourth-order valence-electron chi connectivity index (χ4n) is 3.04. The Balaban J connectivity index is 1.72. The third kappa shape index (κ3) is 4.16. The number of rotatable bonds is 6. The van der Waals surface area contributed by atoms with Gasteiger partial charge in [-0.2, -0.15) is 0 Å². The second kappa shape index (κ2) is 6.53. The van der Waals surface area contributed by atoms with Crippen molar-refractivity contribution in [2.45, 2.75) is 43.1 Å². The van der Waals surface area contributed by atoms with Gasteiger partial charge in [0.15, 0.2) is 0 Å². The average molecular weight is 389 g/mol. The highest BCUT2D eigenvalue weighted by Crippen LogP contribution is 2.39. The standard InChI is InChI=1S/C16H24N2O5S2/c1-16(19,13-4-5-13)12-17-25(22,23)15-8-6-14(7-9-15)18-10-2-3-11-24(18,20)21/h6-9,13,17,19H,2-5,10-12H2,1H3. The lowest BCUT2D eigenvalue weighted by Gasteiger charge is -2.28. The quantitative estimate of drug-likeness (QED) is 0.758. The zero-order valence-electron chi connectivity index (χ0n) is 14.2.